The highest BCUT2D eigenvalue weighted by Crippen LogP contribution is 2.31. The highest BCUT2D eigenvalue weighted by molar-refractivity contribution is 6.42. The van der Waals surface area contributed by atoms with Crippen LogP contribution in [0.2, 0.25) is 10.0 Å². The molecule has 1 N–H and O–H groups in total. The number of halogens is 3. The Bertz CT molecular complexity index is 1220. The molecule has 0 aromatic heterocycles. The van der Waals surface area contributed by atoms with Crippen molar-refractivity contribution in [2.45, 2.75) is 13.5 Å². The van der Waals surface area contributed by atoms with Crippen LogP contribution in [0.25, 0.3) is 6.08 Å². The topological polar surface area (TPSA) is 71.3 Å². The number of hydrogen-bond acceptors (Lipinski definition) is 4. The van der Waals surface area contributed by atoms with Crippen molar-refractivity contribution in [3.05, 3.63) is 93.2 Å². The van der Waals surface area contributed by atoms with E-state index in [0.717, 1.165) is 5.56 Å². The van der Waals surface area contributed by atoms with Gasteiger partial charge in [-0.25, -0.2) is 4.39 Å². The molecule has 0 heterocycles. The first-order valence-corrected chi connectivity index (χ1v) is 10.7. The average molecular weight is 485 g/mol. The second-order valence-corrected chi connectivity index (χ2v) is 7.62. The molecule has 0 unspecified atom stereocenters. The fraction of sp³-hybridized carbons (Fsp3) is 0.120. The largest absolute Gasteiger partial charge is 0.490 e. The number of ether oxygens (including phenoxy) is 2. The Balaban J connectivity index is 1.77. The molecule has 0 spiro atoms. The Kier molecular flexibility index (Phi) is 8.31. The van der Waals surface area contributed by atoms with E-state index >= 15 is 0 Å². The Morgan fingerprint density at radius 1 is 1.03 bits per heavy atom. The molecule has 0 atom stereocenters. The van der Waals surface area contributed by atoms with Gasteiger partial charge in [-0.15, -0.1) is 0 Å². The Labute approximate surface area is 201 Å². The first kappa shape index (κ1) is 24.1. The summed E-state index contributed by atoms with van der Waals surface area (Å²) in [5.74, 6) is -0.0760. The van der Waals surface area contributed by atoms with Gasteiger partial charge in [0.2, 0.25) is 0 Å². The lowest BCUT2D eigenvalue weighted by Crippen LogP contribution is -2.13. The molecule has 5 nitrogen and oxygen atoms in total. The fourth-order valence-corrected chi connectivity index (χ4v) is 3.16. The first-order chi connectivity index (χ1) is 15.9. The first-order valence-electron chi connectivity index (χ1n) is 9.92. The van der Waals surface area contributed by atoms with Crippen LogP contribution in [0, 0.1) is 17.1 Å². The fourth-order valence-electron chi connectivity index (χ4n) is 2.84. The van der Waals surface area contributed by atoms with E-state index in [1.165, 1.54) is 30.3 Å². The van der Waals surface area contributed by atoms with E-state index in [9.17, 15) is 14.4 Å². The van der Waals surface area contributed by atoms with E-state index in [-0.39, 0.29) is 12.2 Å². The lowest BCUT2D eigenvalue weighted by molar-refractivity contribution is -0.112. The minimum absolute atomic E-state index is 0.119. The van der Waals surface area contributed by atoms with Gasteiger partial charge in [0.1, 0.15) is 24.1 Å². The third kappa shape index (κ3) is 6.72. The van der Waals surface area contributed by atoms with Gasteiger partial charge in [0.25, 0.3) is 5.91 Å². The number of amides is 1. The number of anilines is 1. The van der Waals surface area contributed by atoms with Crippen LogP contribution >= 0.6 is 23.2 Å². The SMILES string of the molecule is CCOc1cc(C=C(C#N)C(=O)Nc2ccc(F)cc2)ccc1OCc1ccc(Cl)c(Cl)c1. The lowest BCUT2D eigenvalue weighted by atomic mass is 10.1. The Hall–Kier alpha value is -3.53. The summed E-state index contributed by atoms with van der Waals surface area (Å²) < 4.78 is 24.6. The quantitative estimate of drug-likeness (QED) is 0.286. The number of hydrogen-bond donors (Lipinski definition) is 1. The molecular formula is C25H19Cl2FN2O3. The number of nitriles is 1. The molecule has 33 heavy (non-hydrogen) atoms. The minimum atomic E-state index is -0.609. The van der Waals surface area contributed by atoms with Crippen molar-refractivity contribution in [2.75, 3.05) is 11.9 Å². The molecule has 3 aromatic carbocycles. The van der Waals surface area contributed by atoms with Gasteiger partial charge in [-0.1, -0.05) is 35.3 Å². The third-order valence-electron chi connectivity index (χ3n) is 4.42. The van der Waals surface area contributed by atoms with Crippen LogP contribution in [0.3, 0.4) is 0 Å². The van der Waals surface area contributed by atoms with Gasteiger partial charge in [0.05, 0.1) is 16.7 Å². The van der Waals surface area contributed by atoms with Gasteiger partial charge in [0, 0.05) is 5.69 Å². The van der Waals surface area contributed by atoms with Crippen LogP contribution in [0.4, 0.5) is 10.1 Å². The zero-order valence-electron chi connectivity index (χ0n) is 17.6. The van der Waals surface area contributed by atoms with E-state index in [1.54, 1.807) is 30.3 Å². The predicted octanol–water partition coefficient (Wildman–Crippen LogP) is 6.66. The van der Waals surface area contributed by atoms with Crippen LogP contribution in [0.1, 0.15) is 18.1 Å². The summed E-state index contributed by atoms with van der Waals surface area (Å²) in [4.78, 5) is 12.4. The number of carbonyl (C=O) groups is 1. The smallest absolute Gasteiger partial charge is 0.266 e. The van der Waals surface area contributed by atoms with Crippen molar-refractivity contribution in [2.24, 2.45) is 0 Å². The van der Waals surface area contributed by atoms with E-state index in [2.05, 4.69) is 5.32 Å². The monoisotopic (exact) mass is 484 g/mol. The zero-order valence-corrected chi connectivity index (χ0v) is 19.1. The van der Waals surface area contributed by atoms with Gasteiger partial charge in [-0.05, 0) is 72.7 Å². The van der Waals surface area contributed by atoms with Crippen LogP contribution in [0.5, 0.6) is 11.5 Å². The van der Waals surface area contributed by atoms with Crippen LogP contribution in [-0.4, -0.2) is 12.5 Å². The number of rotatable bonds is 8. The molecular weight excluding hydrogens is 466 g/mol. The summed E-state index contributed by atoms with van der Waals surface area (Å²) in [6, 6.07) is 17.4. The molecule has 0 aliphatic rings. The van der Waals surface area contributed by atoms with Crippen molar-refractivity contribution < 1.29 is 18.7 Å². The van der Waals surface area contributed by atoms with E-state index in [4.69, 9.17) is 32.7 Å². The lowest BCUT2D eigenvalue weighted by Gasteiger charge is -2.13. The van der Waals surface area contributed by atoms with Gasteiger partial charge in [-0.3, -0.25) is 4.79 Å². The van der Waals surface area contributed by atoms with Crippen molar-refractivity contribution in [3.8, 4) is 17.6 Å². The molecule has 0 fully saturated rings. The molecule has 0 saturated heterocycles. The molecule has 3 aromatic rings. The summed E-state index contributed by atoms with van der Waals surface area (Å²) >= 11 is 12.0. The second kappa shape index (κ2) is 11.4. The van der Waals surface area contributed by atoms with Gasteiger partial charge >= 0.3 is 0 Å². The van der Waals surface area contributed by atoms with Crippen molar-refractivity contribution in [1.29, 1.82) is 5.26 Å². The maximum Gasteiger partial charge on any atom is 0.266 e. The van der Waals surface area contributed by atoms with Crippen LogP contribution < -0.4 is 14.8 Å². The normalized spacial score (nSPS) is 10.9. The van der Waals surface area contributed by atoms with Crippen LogP contribution in [0.15, 0.2) is 66.2 Å². The number of benzene rings is 3. The highest BCUT2D eigenvalue weighted by Gasteiger charge is 2.12. The van der Waals surface area contributed by atoms with Gasteiger partial charge in [0.15, 0.2) is 11.5 Å². The highest BCUT2D eigenvalue weighted by atomic mass is 35.5. The summed E-state index contributed by atoms with van der Waals surface area (Å²) in [5.41, 5.74) is 1.67. The molecule has 1 amide bonds. The van der Waals surface area contributed by atoms with Crippen molar-refractivity contribution >= 4 is 40.9 Å². The zero-order chi connectivity index (χ0) is 23.8. The molecule has 0 aliphatic carbocycles. The molecule has 3 rings (SSSR count). The minimum Gasteiger partial charge on any atom is -0.490 e. The number of nitrogens with one attached hydrogen (secondary N) is 1. The molecule has 0 radical (unpaired) electrons. The molecule has 8 heteroatoms. The maximum absolute atomic E-state index is 13.0. The van der Waals surface area contributed by atoms with Crippen LogP contribution in [-0.2, 0) is 11.4 Å². The summed E-state index contributed by atoms with van der Waals surface area (Å²) in [7, 11) is 0. The third-order valence-corrected chi connectivity index (χ3v) is 5.16. The van der Waals surface area contributed by atoms with E-state index in [1.807, 2.05) is 19.1 Å². The number of carbonyl (C=O) groups excluding carboxylic acids is 1. The van der Waals surface area contributed by atoms with E-state index < -0.39 is 11.7 Å². The van der Waals surface area contributed by atoms with Gasteiger partial charge in [-0.2, -0.15) is 5.26 Å². The molecule has 0 aliphatic heterocycles. The molecule has 0 bridgehead atoms. The average Bonchev–Trinajstić information content (AvgIpc) is 2.80. The summed E-state index contributed by atoms with van der Waals surface area (Å²) in [5, 5.41) is 12.9. The van der Waals surface area contributed by atoms with Crippen molar-refractivity contribution in [1.82, 2.24) is 0 Å². The predicted molar refractivity (Wildman–Crippen MR) is 127 cm³/mol. The summed E-state index contributed by atoms with van der Waals surface area (Å²) in [6.45, 7) is 2.48. The van der Waals surface area contributed by atoms with Crippen molar-refractivity contribution in [3.63, 3.8) is 0 Å². The Morgan fingerprint density at radius 3 is 2.45 bits per heavy atom. The van der Waals surface area contributed by atoms with E-state index in [0.29, 0.717) is 39.4 Å². The second-order valence-electron chi connectivity index (χ2n) is 6.81. The van der Waals surface area contributed by atoms with Gasteiger partial charge < -0.3 is 14.8 Å². The Morgan fingerprint density at radius 2 is 1.79 bits per heavy atom. The molecule has 168 valence electrons. The standard InChI is InChI=1S/C25H19Cl2FN2O3/c1-2-32-24-13-16(4-10-23(24)33-15-17-3-9-21(26)22(27)12-17)11-18(14-29)25(31)30-20-7-5-19(28)6-8-20/h3-13H,2,15H2,1H3,(H,30,31). The maximum atomic E-state index is 13.0. The summed E-state index contributed by atoms with van der Waals surface area (Å²) in [6.07, 6.45) is 1.43. The molecule has 0 saturated carbocycles. The number of nitrogens with zero attached hydrogens (tertiary/aromatic N) is 1.